The molecule has 0 aromatic rings. The Bertz CT molecular complexity index is 241. The quantitative estimate of drug-likeness (QED) is 0.577. The van der Waals surface area contributed by atoms with Crippen molar-refractivity contribution in [3.63, 3.8) is 0 Å². The number of aliphatic hydroxyl groups is 1. The van der Waals surface area contributed by atoms with Crippen LogP contribution in [0.4, 0.5) is 0 Å². The minimum Gasteiger partial charge on any atom is -0.389 e. The van der Waals surface area contributed by atoms with Crippen molar-refractivity contribution >= 4 is 0 Å². The third kappa shape index (κ3) is 8.18. The van der Waals surface area contributed by atoms with E-state index in [1.807, 2.05) is 0 Å². The molecule has 21 heavy (non-hydrogen) atoms. The van der Waals surface area contributed by atoms with Gasteiger partial charge in [0.15, 0.2) is 0 Å². The van der Waals surface area contributed by atoms with Gasteiger partial charge in [0, 0.05) is 19.2 Å². The Morgan fingerprint density at radius 1 is 1.19 bits per heavy atom. The molecule has 126 valence electrons. The van der Waals surface area contributed by atoms with Crippen LogP contribution in [-0.2, 0) is 4.74 Å². The standard InChI is InChI=1S/C18H37NO2/c1-4-6-9-16(5-2)13-21-14-18(20)12-19-15(3)17-10-7-8-11-17/h15-20H,4-14H2,1-3H3/t15-,16?,18?/m0/s1. The fraction of sp³-hybridized carbons (Fsp3) is 1.00. The van der Waals surface area contributed by atoms with Crippen LogP contribution in [-0.4, -0.2) is 37.0 Å². The Morgan fingerprint density at radius 3 is 2.52 bits per heavy atom. The van der Waals surface area contributed by atoms with Gasteiger partial charge < -0.3 is 15.2 Å². The summed E-state index contributed by atoms with van der Waals surface area (Å²) >= 11 is 0. The predicted molar refractivity (Wildman–Crippen MR) is 89.6 cm³/mol. The maximum absolute atomic E-state index is 10.0. The van der Waals surface area contributed by atoms with Crippen LogP contribution in [0.3, 0.4) is 0 Å². The number of hydrogen-bond donors (Lipinski definition) is 2. The molecule has 1 aliphatic rings. The first-order valence-corrected chi connectivity index (χ1v) is 9.16. The second-order valence-corrected chi connectivity index (χ2v) is 6.85. The van der Waals surface area contributed by atoms with Gasteiger partial charge >= 0.3 is 0 Å². The van der Waals surface area contributed by atoms with Crippen molar-refractivity contribution in [2.24, 2.45) is 11.8 Å². The molecule has 1 aliphatic carbocycles. The predicted octanol–water partition coefficient (Wildman–Crippen LogP) is 3.75. The van der Waals surface area contributed by atoms with E-state index in [-0.39, 0.29) is 6.10 Å². The van der Waals surface area contributed by atoms with E-state index in [1.54, 1.807) is 0 Å². The van der Waals surface area contributed by atoms with Gasteiger partial charge in [-0.25, -0.2) is 0 Å². The molecule has 0 spiro atoms. The SMILES string of the molecule is CCCCC(CC)COCC(O)CN[C@@H](C)C1CCCC1. The lowest BCUT2D eigenvalue weighted by Gasteiger charge is -2.22. The van der Waals surface area contributed by atoms with Crippen molar-refractivity contribution in [3.05, 3.63) is 0 Å². The van der Waals surface area contributed by atoms with Crippen LogP contribution < -0.4 is 5.32 Å². The first kappa shape index (κ1) is 18.9. The van der Waals surface area contributed by atoms with Gasteiger partial charge in [0.05, 0.1) is 12.7 Å². The van der Waals surface area contributed by atoms with Crippen LogP contribution in [0.25, 0.3) is 0 Å². The lowest BCUT2D eigenvalue weighted by atomic mass is 10.00. The highest BCUT2D eigenvalue weighted by Gasteiger charge is 2.21. The number of hydrogen-bond acceptors (Lipinski definition) is 3. The van der Waals surface area contributed by atoms with Crippen LogP contribution in [0.5, 0.6) is 0 Å². The van der Waals surface area contributed by atoms with Crippen molar-refractivity contribution in [2.45, 2.75) is 84.3 Å². The van der Waals surface area contributed by atoms with E-state index in [4.69, 9.17) is 4.74 Å². The topological polar surface area (TPSA) is 41.5 Å². The molecule has 0 bridgehead atoms. The fourth-order valence-electron chi connectivity index (χ4n) is 3.27. The third-order valence-corrected chi connectivity index (χ3v) is 4.99. The largest absolute Gasteiger partial charge is 0.389 e. The smallest absolute Gasteiger partial charge is 0.0897 e. The molecule has 1 fully saturated rings. The van der Waals surface area contributed by atoms with Crippen LogP contribution in [0.2, 0.25) is 0 Å². The Balaban J connectivity index is 2.05. The molecule has 1 rings (SSSR count). The number of ether oxygens (including phenoxy) is 1. The second kappa shape index (κ2) is 11.4. The normalized spacial score (nSPS) is 20.6. The molecule has 0 amide bonds. The molecule has 0 saturated heterocycles. The van der Waals surface area contributed by atoms with E-state index in [2.05, 4.69) is 26.1 Å². The summed E-state index contributed by atoms with van der Waals surface area (Å²) in [6.07, 6.45) is 10.0. The summed E-state index contributed by atoms with van der Waals surface area (Å²) in [5.41, 5.74) is 0. The maximum atomic E-state index is 10.0. The highest BCUT2D eigenvalue weighted by Crippen LogP contribution is 2.27. The van der Waals surface area contributed by atoms with Crippen LogP contribution in [0.1, 0.15) is 72.1 Å². The number of nitrogens with one attached hydrogen (secondary N) is 1. The van der Waals surface area contributed by atoms with E-state index in [0.29, 0.717) is 25.1 Å². The molecule has 2 unspecified atom stereocenters. The first-order chi connectivity index (χ1) is 10.2. The average molecular weight is 299 g/mol. The monoisotopic (exact) mass is 299 g/mol. The Kier molecular flexibility index (Phi) is 10.3. The van der Waals surface area contributed by atoms with Gasteiger partial charge in [-0.05, 0) is 38.0 Å². The minimum atomic E-state index is -0.377. The van der Waals surface area contributed by atoms with Crippen molar-refractivity contribution < 1.29 is 9.84 Å². The summed E-state index contributed by atoms with van der Waals surface area (Å²) in [5, 5.41) is 13.5. The fourth-order valence-corrected chi connectivity index (χ4v) is 3.27. The molecule has 1 saturated carbocycles. The van der Waals surface area contributed by atoms with Crippen molar-refractivity contribution in [2.75, 3.05) is 19.8 Å². The van der Waals surface area contributed by atoms with Crippen molar-refractivity contribution in [3.8, 4) is 0 Å². The summed E-state index contributed by atoms with van der Waals surface area (Å²) in [4.78, 5) is 0. The molecular weight excluding hydrogens is 262 g/mol. The zero-order chi connectivity index (χ0) is 15.5. The molecule has 0 radical (unpaired) electrons. The molecule has 2 N–H and O–H groups in total. The van der Waals surface area contributed by atoms with Gasteiger partial charge in [-0.3, -0.25) is 0 Å². The molecule has 0 aliphatic heterocycles. The van der Waals surface area contributed by atoms with Crippen molar-refractivity contribution in [1.29, 1.82) is 0 Å². The van der Waals surface area contributed by atoms with E-state index >= 15 is 0 Å². The summed E-state index contributed by atoms with van der Waals surface area (Å²) < 4.78 is 5.71. The van der Waals surface area contributed by atoms with Gasteiger partial charge in [-0.2, -0.15) is 0 Å². The maximum Gasteiger partial charge on any atom is 0.0897 e. The molecular formula is C18H37NO2. The summed E-state index contributed by atoms with van der Waals surface area (Å²) in [6.45, 7) is 8.63. The summed E-state index contributed by atoms with van der Waals surface area (Å²) in [5.74, 6) is 1.46. The highest BCUT2D eigenvalue weighted by atomic mass is 16.5. The van der Waals surface area contributed by atoms with Gasteiger partial charge in [0.2, 0.25) is 0 Å². The van der Waals surface area contributed by atoms with Crippen LogP contribution >= 0.6 is 0 Å². The van der Waals surface area contributed by atoms with E-state index < -0.39 is 0 Å². The molecule has 3 nitrogen and oxygen atoms in total. The Morgan fingerprint density at radius 2 is 1.90 bits per heavy atom. The van der Waals surface area contributed by atoms with Gasteiger partial charge in [-0.1, -0.05) is 46.0 Å². The number of aliphatic hydroxyl groups excluding tert-OH is 1. The number of unbranched alkanes of at least 4 members (excludes halogenated alkanes) is 1. The Hall–Kier alpha value is -0.120. The summed E-state index contributed by atoms with van der Waals surface area (Å²) in [6, 6.07) is 0.523. The molecule has 0 heterocycles. The molecule has 0 aromatic heterocycles. The van der Waals surface area contributed by atoms with Gasteiger partial charge in [-0.15, -0.1) is 0 Å². The molecule has 0 aromatic carbocycles. The zero-order valence-electron chi connectivity index (χ0n) is 14.4. The van der Waals surface area contributed by atoms with Crippen LogP contribution in [0, 0.1) is 11.8 Å². The van der Waals surface area contributed by atoms with E-state index in [0.717, 1.165) is 12.5 Å². The lowest BCUT2D eigenvalue weighted by molar-refractivity contribution is 0.0178. The van der Waals surface area contributed by atoms with E-state index in [1.165, 1.54) is 51.4 Å². The van der Waals surface area contributed by atoms with Gasteiger partial charge in [0.25, 0.3) is 0 Å². The number of rotatable bonds is 12. The van der Waals surface area contributed by atoms with Crippen LogP contribution in [0.15, 0.2) is 0 Å². The molecule has 3 atom stereocenters. The van der Waals surface area contributed by atoms with E-state index in [9.17, 15) is 5.11 Å². The Labute approximate surface area is 131 Å². The van der Waals surface area contributed by atoms with Gasteiger partial charge in [0.1, 0.15) is 0 Å². The average Bonchev–Trinajstić information content (AvgIpc) is 3.02. The third-order valence-electron chi connectivity index (χ3n) is 4.99. The van der Waals surface area contributed by atoms with Crippen molar-refractivity contribution in [1.82, 2.24) is 5.32 Å². The second-order valence-electron chi connectivity index (χ2n) is 6.85. The summed E-state index contributed by atoms with van der Waals surface area (Å²) in [7, 11) is 0. The lowest BCUT2D eigenvalue weighted by Crippen LogP contribution is -2.39. The highest BCUT2D eigenvalue weighted by molar-refractivity contribution is 4.78. The minimum absolute atomic E-state index is 0.377. The first-order valence-electron chi connectivity index (χ1n) is 9.16. The zero-order valence-corrected chi connectivity index (χ0v) is 14.4. The molecule has 3 heteroatoms.